The molecule has 0 heterocycles. The van der Waals surface area contributed by atoms with E-state index in [1.54, 1.807) is 13.0 Å². The van der Waals surface area contributed by atoms with Gasteiger partial charge in [0, 0.05) is 13.0 Å². The highest BCUT2D eigenvalue weighted by molar-refractivity contribution is 6.05. The predicted octanol–water partition coefficient (Wildman–Crippen LogP) is 5.08. The molecule has 0 bridgehead atoms. The van der Waals surface area contributed by atoms with Gasteiger partial charge in [0.1, 0.15) is 6.04 Å². The van der Waals surface area contributed by atoms with E-state index in [1.165, 1.54) is 50.7 Å². The number of carboxylic acid groups (broad SMARTS) is 2. The molecule has 0 saturated heterocycles. The summed E-state index contributed by atoms with van der Waals surface area (Å²) in [6.45, 7) is 4.39. The Labute approximate surface area is 208 Å². The molecular formula is C27H42N2O6. The van der Waals surface area contributed by atoms with Crippen LogP contribution < -0.4 is 10.6 Å². The van der Waals surface area contributed by atoms with Crippen LogP contribution in [-0.2, 0) is 9.59 Å². The zero-order valence-electron chi connectivity index (χ0n) is 21.2. The van der Waals surface area contributed by atoms with Crippen molar-refractivity contribution in [1.29, 1.82) is 0 Å². The molecule has 0 aromatic heterocycles. The van der Waals surface area contributed by atoms with Crippen LogP contribution in [0.3, 0.4) is 0 Å². The topological polar surface area (TPSA) is 133 Å². The highest BCUT2D eigenvalue weighted by Gasteiger charge is 2.23. The van der Waals surface area contributed by atoms with Crippen LogP contribution in [0.15, 0.2) is 18.2 Å². The highest BCUT2D eigenvalue weighted by Crippen LogP contribution is 2.14. The van der Waals surface area contributed by atoms with Gasteiger partial charge in [-0.25, -0.2) is 9.59 Å². The monoisotopic (exact) mass is 490 g/mol. The zero-order chi connectivity index (χ0) is 26.1. The first kappa shape index (κ1) is 30.1. The first-order valence-corrected chi connectivity index (χ1v) is 12.9. The van der Waals surface area contributed by atoms with Crippen molar-refractivity contribution in [2.24, 2.45) is 0 Å². The maximum Gasteiger partial charge on any atom is 0.336 e. The third-order valence-corrected chi connectivity index (χ3v) is 6.00. The Balaban J connectivity index is 2.26. The van der Waals surface area contributed by atoms with Crippen LogP contribution in [0.4, 0.5) is 0 Å². The molecule has 0 saturated carbocycles. The second kappa shape index (κ2) is 17.5. The second-order valence-corrected chi connectivity index (χ2v) is 9.14. The normalized spacial score (nSPS) is 11.6. The number of rotatable bonds is 19. The molecule has 0 aliphatic rings. The lowest BCUT2D eigenvalue weighted by atomic mass is 10.0. The van der Waals surface area contributed by atoms with Crippen LogP contribution in [-0.4, -0.2) is 46.6 Å². The van der Waals surface area contributed by atoms with Crippen LogP contribution in [0, 0.1) is 6.92 Å². The lowest BCUT2D eigenvalue weighted by Gasteiger charge is -2.16. The van der Waals surface area contributed by atoms with Crippen molar-refractivity contribution in [3.63, 3.8) is 0 Å². The van der Waals surface area contributed by atoms with E-state index in [2.05, 4.69) is 17.6 Å². The fourth-order valence-corrected chi connectivity index (χ4v) is 3.91. The lowest BCUT2D eigenvalue weighted by Crippen LogP contribution is -2.41. The molecule has 0 aliphatic heterocycles. The minimum Gasteiger partial charge on any atom is -0.480 e. The van der Waals surface area contributed by atoms with Gasteiger partial charge in [-0.2, -0.15) is 0 Å². The Morgan fingerprint density at radius 3 is 2.06 bits per heavy atom. The number of nitrogens with one attached hydrogen (secondary N) is 2. The van der Waals surface area contributed by atoms with E-state index >= 15 is 0 Å². The number of carboxylic acids is 2. The Bertz CT molecular complexity index is 824. The summed E-state index contributed by atoms with van der Waals surface area (Å²) in [7, 11) is 0. The molecule has 35 heavy (non-hydrogen) atoms. The van der Waals surface area contributed by atoms with Crippen LogP contribution in [0.2, 0.25) is 0 Å². The van der Waals surface area contributed by atoms with E-state index in [1.807, 2.05) is 0 Å². The van der Waals surface area contributed by atoms with Crippen molar-refractivity contribution < 1.29 is 29.4 Å². The van der Waals surface area contributed by atoms with E-state index in [0.29, 0.717) is 31.4 Å². The third kappa shape index (κ3) is 12.9. The molecule has 2 amide bonds. The summed E-state index contributed by atoms with van der Waals surface area (Å²) in [5.74, 6) is -3.15. The lowest BCUT2D eigenvalue weighted by molar-refractivity contribution is -0.139. The fraction of sp³-hybridized carbons (Fsp3) is 0.630. The number of carbonyl (C=O) groups is 4. The zero-order valence-corrected chi connectivity index (χ0v) is 21.2. The summed E-state index contributed by atoms with van der Waals surface area (Å²) in [4.78, 5) is 47.5. The average Bonchev–Trinajstić information content (AvgIpc) is 2.81. The molecular weight excluding hydrogens is 448 g/mol. The highest BCUT2D eigenvalue weighted by atomic mass is 16.4. The quantitative estimate of drug-likeness (QED) is 0.200. The van der Waals surface area contributed by atoms with Crippen molar-refractivity contribution in [3.8, 4) is 0 Å². The number of aromatic carboxylic acids is 1. The van der Waals surface area contributed by atoms with Gasteiger partial charge >= 0.3 is 11.9 Å². The molecule has 0 fully saturated rings. The first-order valence-electron chi connectivity index (χ1n) is 12.9. The van der Waals surface area contributed by atoms with E-state index in [4.69, 9.17) is 0 Å². The number of unbranched alkanes of at least 4 members (excludes halogenated alkanes) is 9. The summed E-state index contributed by atoms with van der Waals surface area (Å²) in [5.41, 5.74) is 0.463. The minimum atomic E-state index is -1.25. The molecule has 1 atom stereocenters. The molecule has 1 rings (SSSR count). The number of hydrogen-bond acceptors (Lipinski definition) is 4. The minimum absolute atomic E-state index is 0.0108. The molecule has 8 heteroatoms. The summed E-state index contributed by atoms with van der Waals surface area (Å²) >= 11 is 0. The van der Waals surface area contributed by atoms with Crippen molar-refractivity contribution in [2.45, 2.75) is 103 Å². The van der Waals surface area contributed by atoms with Gasteiger partial charge in [-0.05, 0) is 44.7 Å². The number of amides is 2. The maximum absolute atomic E-state index is 12.5. The largest absolute Gasteiger partial charge is 0.480 e. The second-order valence-electron chi connectivity index (χ2n) is 9.14. The number of carbonyl (C=O) groups excluding carboxylic acids is 2. The van der Waals surface area contributed by atoms with E-state index < -0.39 is 23.9 Å². The van der Waals surface area contributed by atoms with Crippen molar-refractivity contribution >= 4 is 23.8 Å². The Hall–Kier alpha value is -2.90. The average molecular weight is 491 g/mol. The maximum atomic E-state index is 12.5. The summed E-state index contributed by atoms with van der Waals surface area (Å²) in [6.07, 6.45) is 12.6. The molecule has 196 valence electrons. The van der Waals surface area contributed by atoms with Gasteiger partial charge in [-0.1, -0.05) is 69.9 Å². The van der Waals surface area contributed by atoms with E-state index in [-0.39, 0.29) is 23.5 Å². The van der Waals surface area contributed by atoms with Crippen LogP contribution in [0.1, 0.15) is 117 Å². The van der Waals surface area contributed by atoms with Gasteiger partial charge in [-0.15, -0.1) is 0 Å². The summed E-state index contributed by atoms with van der Waals surface area (Å²) in [5, 5.41) is 24.0. The van der Waals surface area contributed by atoms with Gasteiger partial charge < -0.3 is 20.8 Å². The first-order chi connectivity index (χ1) is 16.8. The van der Waals surface area contributed by atoms with Crippen LogP contribution >= 0.6 is 0 Å². The van der Waals surface area contributed by atoms with E-state index in [9.17, 15) is 29.4 Å². The molecule has 0 aliphatic carbocycles. The third-order valence-electron chi connectivity index (χ3n) is 6.00. The standard InChI is InChI=1S/C27H42N2O6/c1-3-4-5-6-7-8-9-10-11-15-24(30)28-18-13-12-14-23(27(34)35)29-25(31)22-19-20(2)16-17-21(22)26(32)33/h16-17,19,23H,3-15,18H2,1-2H3,(H,28,30)(H,29,31)(H,32,33)(H,34,35)/t23-/m0/s1. The van der Waals surface area contributed by atoms with Crippen LogP contribution in [0.25, 0.3) is 0 Å². The SMILES string of the molecule is CCCCCCCCCCCC(=O)NCCCC[C@H](NC(=O)c1cc(C)ccc1C(=O)O)C(=O)O. The van der Waals surface area contributed by atoms with Gasteiger partial charge in [-0.3, -0.25) is 9.59 Å². The molecule has 0 radical (unpaired) electrons. The van der Waals surface area contributed by atoms with Gasteiger partial charge in [0.2, 0.25) is 5.91 Å². The van der Waals surface area contributed by atoms with Gasteiger partial charge in [0.25, 0.3) is 5.91 Å². The number of benzene rings is 1. The molecule has 0 unspecified atom stereocenters. The Morgan fingerprint density at radius 1 is 0.829 bits per heavy atom. The van der Waals surface area contributed by atoms with Gasteiger partial charge in [0.05, 0.1) is 11.1 Å². The molecule has 1 aromatic rings. The van der Waals surface area contributed by atoms with Crippen molar-refractivity contribution in [3.05, 3.63) is 34.9 Å². The fourth-order valence-electron chi connectivity index (χ4n) is 3.91. The number of aryl methyl sites for hydroxylation is 1. The van der Waals surface area contributed by atoms with Crippen molar-refractivity contribution in [1.82, 2.24) is 10.6 Å². The predicted molar refractivity (Wildman–Crippen MR) is 136 cm³/mol. The van der Waals surface area contributed by atoms with Crippen LogP contribution in [0.5, 0.6) is 0 Å². The van der Waals surface area contributed by atoms with Crippen molar-refractivity contribution in [2.75, 3.05) is 6.54 Å². The number of aliphatic carboxylic acids is 1. The molecule has 0 spiro atoms. The van der Waals surface area contributed by atoms with Gasteiger partial charge in [0.15, 0.2) is 0 Å². The summed E-state index contributed by atoms with van der Waals surface area (Å²) < 4.78 is 0. The van der Waals surface area contributed by atoms with E-state index in [0.717, 1.165) is 19.3 Å². The molecule has 4 N–H and O–H groups in total. The Kier molecular flexibility index (Phi) is 15.1. The number of hydrogen-bond donors (Lipinski definition) is 4. The smallest absolute Gasteiger partial charge is 0.336 e. The molecule has 8 nitrogen and oxygen atoms in total. The molecule has 1 aromatic carbocycles. The Morgan fingerprint density at radius 2 is 1.46 bits per heavy atom. The summed E-state index contributed by atoms with van der Waals surface area (Å²) in [6, 6.07) is 3.21.